The number of hydrogen-bond donors (Lipinski definition) is 1. The average Bonchev–Trinajstić information content (AvgIpc) is 3.02. The molecule has 0 aromatic carbocycles. The van der Waals surface area contributed by atoms with Crippen LogP contribution in [0.15, 0.2) is 6.20 Å². The Hall–Kier alpha value is -1.03. The van der Waals surface area contributed by atoms with Gasteiger partial charge >= 0.3 is 0 Å². The second-order valence-electron chi connectivity index (χ2n) is 6.25. The largest absolute Gasteiger partial charge is 0.340 e. The number of nitrogens with one attached hydrogen (secondary N) is 1. The summed E-state index contributed by atoms with van der Waals surface area (Å²) in [7, 11) is 0. The summed E-state index contributed by atoms with van der Waals surface area (Å²) < 4.78 is 2.34. The molecule has 1 aromatic heterocycles. The van der Waals surface area contributed by atoms with Crippen LogP contribution in [0.3, 0.4) is 0 Å². The van der Waals surface area contributed by atoms with Crippen molar-refractivity contribution in [2.45, 2.75) is 52.1 Å². The van der Waals surface area contributed by atoms with Crippen LogP contribution < -0.4 is 10.2 Å². The van der Waals surface area contributed by atoms with Crippen molar-refractivity contribution in [2.75, 3.05) is 24.5 Å². The summed E-state index contributed by atoms with van der Waals surface area (Å²) in [6, 6.07) is 1.16. The molecule has 4 heteroatoms. The second-order valence-corrected chi connectivity index (χ2v) is 6.25. The van der Waals surface area contributed by atoms with Gasteiger partial charge in [0.2, 0.25) is 5.95 Å². The van der Waals surface area contributed by atoms with Crippen LogP contribution >= 0.6 is 0 Å². The van der Waals surface area contributed by atoms with Crippen LogP contribution in [0.5, 0.6) is 0 Å². The Labute approximate surface area is 116 Å². The van der Waals surface area contributed by atoms with Gasteiger partial charge in [-0.1, -0.05) is 6.92 Å². The quantitative estimate of drug-likeness (QED) is 0.906. The minimum absolute atomic E-state index is 0.485. The topological polar surface area (TPSA) is 33.1 Å². The number of piperidine rings is 1. The summed E-state index contributed by atoms with van der Waals surface area (Å²) in [5, 5.41) is 3.67. The first-order valence-corrected chi connectivity index (χ1v) is 7.75. The summed E-state index contributed by atoms with van der Waals surface area (Å²) in [6.45, 7) is 10.1. The zero-order valence-corrected chi connectivity index (χ0v) is 12.4. The molecule has 4 nitrogen and oxygen atoms in total. The third-order valence-electron chi connectivity index (χ3n) is 4.56. The van der Waals surface area contributed by atoms with Crippen molar-refractivity contribution in [1.82, 2.24) is 14.9 Å². The first-order chi connectivity index (χ1) is 9.19. The molecule has 2 fully saturated rings. The van der Waals surface area contributed by atoms with Crippen molar-refractivity contribution < 1.29 is 0 Å². The van der Waals surface area contributed by atoms with E-state index in [2.05, 4.69) is 41.8 Å². The number of aromatic nitrogens is 2. The Morgan fingerprint density at radius 2 is 2.26 bits per heavy atom. The minimum atomic E-state index is 0.485. The SMILES string of the molecule is CCc1cn(C(C)C)c(N2C[C@@H]3CCCN[C@@H]3C2)n1. The predicted octanol–water partition coefficient (Wildman–Crippen LogP) is 2.21. The van der Waals surface area contributed by atoms with E-state index >= 15 is 0 Å². The highest BCUT2D eigenvalue weighted by Crippen LogP contribution is 2.30. The Kier molecular flexibility index (Phi) is 3.52. The van der Waals surface area contributed by atoms with Crippen molar-refractivity contribution in [2.24, 2.45) is 5.92 Å². The van der Waals surface area contributed by atoms with E-state index in [1.165, 1.54) is 37.6 Å². The van der Waals surface area contributed by atoms with Gasteiger partial charge in [0.05, 0.1) is 5.69 Å². The minimum Gasteiger partial charge on any atom is -0.340 e. The number of anilines is 1. The molecule has 0 saturated carbocycles. The molecule has 2 atom stereocenters. The van der Waals surface area contributed by atoms with Gasteiger partial charge < -0.3 is 14.8 Å². The zero-order valence-electron chi connectivity index (χ0n) is 12.4. The molecule has 3 heterocycles. The molecule has 3 rings (SSSR count). The van der Waals surface area contributed by atoms with Crippen LogP contribution in [0.1, 0.15) is 45.3 Å². The molecule has 0 amide bonds. The van der Waals surface area contributed by atoms with Gasteiger partial charge in [0.15, 0.2) is 0 Å². The van der Waals surface area contributed by atoms with E-state index in [4.69, 9.17) is 4.98 Å². The molecule has 1 aromatic rings. The van der Waals surface area contributed by atoms with E-state index in [0.29, 0.717) is 12.1 Å². The maximum absolute atomic E-state index is 4.85. The van der Waals surface area contributed by atoms with Crippen molar-refractivity contribution in [3.8, 4) is 0 Å². The number of fused-ring (bicyclic) bond motifs is 1. The number of aryl methyl sites for hydroxylation is 1. The van der Waals surface area contributed by atoms with Gasteiger partial charge in [-0.3, -0.25) is 0 Å². The molecule has 0 bridgehead atoms. The zero-order chi connectivity index (χ0) is 13.4. The van der Waals surface area contributed by atoms with Crippen molar-refractivity contribution in [1.29, 1.82) is 0 Å². The Morgan fingerprint density at radius 1 is 1.42 bits per heavy atom. The fourth-order valence-corrected chi connectivity index (χ4v) is 3.43. The van der Waals surface area contributed by atoms with Crippen molar-refractivity contribution in [3.63, 3.8) is 0 Å². The average molecular weight is 262 g/mol. The molecule has 0 spiro atoms. The van der Waals surface area contributed by atoms with Crippen LogP contribution in [-0.2, 0) is 6.42 Å². The maximum Gasteiger partial charge on any atom is 0.206 e. The number of hydrogen-bond acceptors (Lipinski definition) is 3. The van der Waals surface area contributed by atoms with Crippen LogP contribution in [0.4, 0.5) is 5.95 Å². The molecule has 0 aliphatic carbocycles. The van der Waals surface area contributed by atoms with Gasteiger partial charge in [-0.15, -0.1) is 0 Å². The maximum atomic E-state index is 4.85. The standard InChI is InChI=1S/C15H26N4/c1-4-13-9-19(11(2)3)15(17-13)18-8-12-6-5-7-16-14(12)10-18/h9,11-12,14,16H,4-8,10H2,1-3H3/t12-,14+/m0/s1. The van der Waals surface area contributed by atoms with Crippen molar-refractivity contribution in [3.05, 3.63) is 11.9 Å². The van der Waals surface area contributed by atoms with E-state index in [-0.39, 0.29) is 0 Å². The highest BCUT2D eigenvalue weighted by atomic mass is 15.3. The Morgan fingerprint density at radius 3 is 2.95 bits per heavy atom. The highest BCUT2D eigenvalue weighted by Gasteiger charge is 2.36. The lowest BCUT2D eigenvalue weighted by Gasteiger charge is -2.24. The molecule has 1 N–H and O–H groups in total. The third-order valence-corrected chi connectivity index (χ3v) is 4.56. The molecule has 0 radical (unpaired) electrons. The van der Waals surface area contributed by atoms with E-state index < -0.39 is 0 Å². The first-order valence-electron chi connectivity index (χ1n) is 7.75. The number of nitrogens with zero attached hydrogens (tertiary/aromatic N) is 3. The smallest absolute Gasteiger partial charge is 0.206 e. The van der Waals surface area contributed by atoms with Crippen LogP contribution in [0.25, 0.3) is 0 Å². The number of imidazole rings is 1. The lowest BCUT2D eigenvalue weighted by atomic mass is 9.94. The van der Waals surface area contributed by atoms with E-state index in [0.717, 1.165) is 18.9 Å². The van der Waals surface area contributed by atoms with E-state index in [9.17, 15) is 0 Å². The number of rotatable bonds is 3. The summed E-state index contributed by atoms with van der Waals surface area (Å²) in [5.41, 5.74) is 1.21. The van der Waals surface area contributed by atoms with Crippen LogP contribution in [-0.4, -0.2) is 35.2 Å². The fraction of sp³-hybridized carbons (Fsp3) is 0.800. The fourth-order valence-electron chi connectivity index (χ4n) is 3.43. The normalized spacial score (nSPS) is 27.1. The van der Waals surface area contributed by atoms with Gasteiger partial charge in [-0.2, -0.15) is 0 Å². The molecule has 2 aliphatic rings. The molecular weight excluding hydrogens is 236 g/mol. The lowest BCUT2D eigenvalue weighted by Crippen LogP contribution is -2.40. The van der Waals surface area contributed by atoms with Gasteiger partial charge in [0, 0.05) is 31.4 Å². The van der Waals surface area contributed by atoms with Crippen LogP contribution in [0.2, 0.25) is 0 Å². The Bertz CT molecular complexity index is 423. The molecule has 106 valence electrons. The van der Waals surface area contributed by atoms with Crippen LogP contribution in [0, 0.1) is 5.92 Å². The van der Waals surface area contributed by atoms with Gasteiger partial charge in [-0.05, 0) is 45.6 Å². The predicted molar refractivity (Wildman–Crippen MR) is 78.7 cm³/mol. The van der Waals surface area contributed by atoms with Gasteiger partial charge in [-0.25, -0.2) is 4.98 Å². The van der Waals surface area contributed by atoms with E-state index in [1.807, 2.05) is 0 Å². The lowest BCUT2D eigenvalue weighted by molar-refractivity contribution is 0.340. The molecule has 2 aliphatic heterocycles. The molecule has 2 saturated heterocycles. The van der Waals surface area contributed by atoms with E-state index in [1.54, 1.807) is 0 Å². The first kappa shape index (κ1) is 13.0. The molecule has 0 unspecified atom stereocenters. The third kappa shape index (κ3) is 2.38. The molecule has 19 heavy (non-hydrogen) atoms. The molecular formula is C15H26N4. The summed E-state index contributed by atoms with van der Waals surface area (Å²) in [5.74, 6) is 2.00. The highest BCUT2D eigenvalue weighted by molar-refractivity contribution is 5.37. The summed E-state index contributed by atoms with van der Waals surface area (Å²) in [6.07, 6.45) is 5.95. The van der Waals surface area contributed by atoms with Gasteiger partial charge in [0.25, 0.3) is 0 Å². The van der Waals surface area contributed by atoms with Gasteiger partial charge in [0.1, 0.15) is 0 Å². The monoisotopic (exact) mass is 262 g/mol. The summed E-state index contributed by atoms with van der Waals surface area (Å²) >= 11 is 0. The summed E-state index contributed by atoms with van der Waals surface area (Å²) in [4.78, 5) is 7.34. The van der Waals surface area contributed by atoms with Crippen molar-refractivity contribution >= 4 is 5.95 Å². The second kappa shape index (κ2) is 5.16. The Balaban J connectivity index is 1.84.